The van der Waals surface area contributed by atoms with Crippen molar-refractivity contribution < 1.29 is 35.9 Å². The minimum Gasteiger partial charge on any atom is -0.321 e. The topological polar surface area (TPSA) is 183 Å². The van der Waals surface area contributed by atoms with E-state index in [0.29, 0.717) is 62.7 Å². The lowest BCUT2D eigenvalue weighted by Crippen LogP contribution is -2.15. The van der Waals surface area contributed by atoms with Gasteiger partial charge in [-0.2, -0.15) is 36.9 Å². The molecule has 0 aliphatic carbocycles. The molecule has 0 aromatic carbocycles. The van der Waals surface area contributed by atoms with Gasteiger partial charge < -0.3 is 10.6 Å². The number of nitriles is 2. The third-order valence-corrected chi connectivity index (χ3v) is 8.78. The molecule has 0 aliphatic heterocycles. The number of pyridine rings is 6. The van der Waals surface area contributed by atoms with E-state index in [1.807, 2.05) is 19.9 Å². The summed E-state index contributed by atoms with van der Waals surface area (Å²) in [6.07, 6.45) is -1.60. The molecule has 12 nitrogen and oxygen atoms in total. The van der Waals surface area contributed by atoms with Gasteiger partial charge in [0, 0.05) is 69.6 Å². The first kappa shape index (κ1) is 43.8. The molecular formula is C41H29ClF6N10O2. The molecule has 6 aromatic heterocycles. The molecule has 0 atom stereocenters. The molecule has 6 aromatic rings. The van der Waals surface area contributed by atoms with Crippen LogP contribution in [0.25, 0.3) is 22.3 Å². The van der Waals surface area contributed by atoms with Crippen molar-refractivity contribution in [1.29, 1.82) is 10.5 Å². The van der Waals surface area contributed by atoms with Gasteiger partial charge in [0.1, 0.15) is 28.7 Å². The van der Waals surface area contributed by atoms with Gasteiger partial charge in [0.25, 0.3) is 11.8 Å². The summed E-state index contributed by atoms with van der Waals surface area (Å²) in [5.41, 5.74) is 2.81. The van der Waals surface area contributed by atoms with Gasteiger partial charge in [-0.15, -0.1) is 0 Å². The van der Waals surface area contributed by atoms with E-state index in [1.54, 1.807) is 38.2 Å². The largest absolute Gasteiger partial charge is 0.433 e. The van der Waals surface area contributed by atoms with Crippen LogP contribution in [0.15, 0.2) is 85.7 Å². The summed E-state index contributed by atoms with van der Waals surface area (Å²) < 4.78 is 76.9. The van der Waals surface area contributed by atoms with E-state index in [4.69, 9.17) is 16.9 Å². The van der Waals surface area contributed by atoms with Gasteiger partial charge >= 0.3 is 12.4 Å². The first-order valence-electron chi connectivity index (χ1n) is 17.4. The van der Waals surface area contributed by atoms with Crippen LogP contribution in [-0.4, -0.2) is 41.7 Å². The van der Waals surface area contributed by atoms with Crippen molar-refractivity contribution in [2.45, 2.75) is 46.0 Å². The molecule has 2 N–H and O–H groups in total. The number of carbonyl (C=O) groups is 2. The van der Waals surface area contributed by atoms with E-state index >= 15 is 0 Å². The maximum Gasteiger partial charge on any atom is 0.433 e. The number of rotatable bonds is 7. The predicted molar refractivity (Wildman–Crippen MR) is 207 cm³/mol. The van der Waals surface area contributed by atoms with E-state index < -0.39 is 35.6 Å². The molecule has 304 valence electrons. The number of amides is 2. The second-order valence-electron chi connectivity index (χ2n) is 13.1. The van der Waals surface area contributed by atoms with Gasteiger partial charge in [-0.05, 0) is 68.3 Å². The normalized spacial score (nSPS) is 11.2. The molecule has 0 unspecified atom stereocenters. The van der Waals surface area contributed by atoms with Gasteiger partial charge in [-0.3, -0.25) is 34.5 Å². The van der Waals surface area contributed by atoms with Crippen LogP contribution in [0.2, 0.25) is 5.15 Å². The molecule has 0 aliphatic rings. The highest BCUT2D eigenvalue weighted by molar-refractivity contribution is 6.30. The molecule has 6 heterocycles. The minimum atomic E-state index is -4.66. The van der Waals surface area contributed by atoms with Crippen molar-refractivity contribution in [3.05, 3.63) is 142 Å². The lowest BCUT2D eigenvalue weighted by molar-refractivity contribution is -0.142. The maximum atomic E-state index is 12.9. The highest BCUT2D eigenvalue weighted by Gasteiger charge is 2.34. The average molecular weight is 843 g/mol. The first-order chi connectivity index (χ1) is 28.3. The van der Waals surface area contributed by atoms with Gasteiger partial charge in [0.2, 0.25) is 0 Å². The zero-order valence-electron chi connectivity index (χ0n) is 31.7. The van der Waals surface area contributed by atoms with E-state index in [0.717, 1.165) is 12.4 Å². The lowest BCUT2D eigenvalue weighted by Gasteiger charge is -2.12. The number of hydrogen-bond acceptors (Lipinski definition) is 10. The SMILES string of the molecule is Cc1ncc(NC(=O)c2ccnc(C(F)(F)F)c2)cc1-c1cnc(C(C)C)c(C#N)c1.Cc1ncc(NC(=O)c2ccnc(C(F)(F)F)c2)cc1-c1cnc(Cl)c(C#N)c1. The van der Waals surface area contributed by atoms with Crippen molar-refractivity contribution in [2.75, 3.05) is 10.6 Å². The Morgan fingerprint density at radius 2 is 1.07 bits per heavy atom. The fraction of sp³-hybridized carbons (Fsp3) is 0.171. The van der Waals surface area contributed by atoms with E-state index in [2.05, 4.69) is 46.6 Å². The van der Waals surface area contributed by atoms with Gasteiger partial charge in [0.15, 0.2) is 0 Å². The monoisotopic (exact) mass is 842 g/mol. The standard InChI is InChI=1S/C22H18F3N5O.C19H11ClF3N5O/c1-12(2)20-15(9-26)6-16(10-29-20)18-8-17(11-28-13(18)3)30-21(31)14-4-5-27-19(7-14)22(23,24)25;1-10-15(13-4-12(7-24)17(20)27-8-13)6-14(9-26-10)28-18(29)11-2-3-25-16(5-11)19(21,22)23/h4-8,10-12H,1-3H3,(H,30,31);2-6,8-9H,1H3,(H,28,29). The zero-order valence-corrected chi connectivity index (χ0v) is 32.5. The Hall–Kier alpha value is -7.31. The highest BCUT2D eigenvalue weighted by Crippen LogP contribution is 2.31. The smallest absolute Gasteiger partial charge is 0.321 e. The van der Waals surface area contributed by atoms with E-state index in [9.17, 15) is 41.2 Å². The summed E-state index contributed by atoms with van der Waals surface area (Å²) in [5, 5.41) is 23.7. The maximum absolute atomic E-state index is 12.9. The number of aryl methyl sites for hydroxylation is 2. The summed E-state index contributed by atoms with van der Waals surface area (Å²) in [4.78, 5) is 48.1. The van der Waals surface area contributed by atoms with Crippen LogP contribution >= 0.6 is 11.6 Å². The molecule has 6 rings (SSSR count). The lowest BCUT2D eigenvalue weighted by atomic mass is 9.99. The number of anilines is 2. The molecule has 0 fully saturated rings. The van der Waals surface area contributed by atoms with Gasteiger partial charge in [-0.1, -0.05) is 25.4 Å². The summed E-state index contributed by atoms with van der Waals surface area (Å²) >= 11 is 5.84. The molecule has 19 heteroatoms. The number of hydrogen-bond donors (Lipinski definition) is 2. The Morgan fingerprint density at radius 3 is 1.48 bits per heavy atom. The van der Waals surface area contributed by atoms with Crippen LogP contribution < -0.4 is 10.6 Å². The molecular weight excluding hydrogens is 814 g/mol. The Labute approximate surface area is 343 Å². The molecule has 0 saturated carbocycles. The second-order valence-corrected chi connectivity index (χ2v) is 13.4. The Kier molecular flexibility index (Phi) is 13.2. The van der Waals surface area contributed by atoms with Crippen molar-refractivity contribution >= 4 is 34.8 Å². The van der Waals surface area contributed by atoms with Crippen LogP contribution in [0.4, 0.5) is 37.7 Å². The van der Waals surface area contributed by atoms with Crippen molar-refractivity contribution in [3.8, 4) is 34.4 Å². The van der Waals surface area contributed by atoms with Crippen molar-refractivity contribution in [3.63, 3.8) is 0 Å². The minimum absolute atomic E-state index is 0.0597. The fourth-order valence-electron chi connectivity index (χ4n) is 5.49. The zero-order chi connectivity index (χ0) is 43.9. The van der Waals surface area contributed by atoms with Crippen LogP contribution in [-0.2, 0) is 12.4 Å². The molecule has 0 bridgehead atoms. The van der Waals surface area contributed by atoms with Crippen LogP contribution in [0.5, 0.6) is 0 Å². The molecule has 0 spiro atoms. The number of nitrogens with zero attached hydrogens (tertiary/aromatic N) is 8. The second kappa shape index (κ2) is 18.1. The van der Waals surface area contributed by atoms with Crippen LogP contribution in [0.3, 0.4) is 0 Å². The number of alkyl halides is 6. The molecule has 0 saturated heterocycles. The number of halogens is 7. The highest BCUT2D eigenvalue weighted by atomic mass is 35.5. The Bertz CT molecular complexity index is 2690. The average Bonchev–Trinajstić information content (AvgIpc) is 3.21. The fourth-order valence-corrected chi connectivity index (χ4v) is 5.64. The summed E-state index contributed by atoms with van der Waals surface area (Å²) in [6, 6.07) is 14.2. The van der Waals surface area contributed by atoms with Crippen molar-refractivity contribution in [2.24, 2.45) is 0 Å². The molecule has 0 radical (unpaired) electrons. The van der Waals surface area contributed by atoms with Crippen LogP contribution in [0, 0.1) is 36.5 Å². The van der Waals surface area contributed by atoms with E-state index in [1.165, 1.54) is 36.8 Å². The summed E-state index contributed by atoms with van der Waals surface area (Å²) in [7, 11) is 0. The molecule has 60 heavy (non-hydrogen) atoms. The Morgan fingerprint density at radius 1 is 0.633 bits per heavy atom. The predicted octanol–water partition coefficient (Wildman–Crippen LogP) is 9.76. The summed E-state index contributed by atoms with van der Waals surface area (Å²) in [6.45, 7) is 7.37. The van der Waals surface area contributed by atoms with Gasteiger partial charge in [-0.25, -0.2) is 4.98 Å². The number of carbonyl (C=O) groups excluding carboxylic acids is 2. The summed E-state index contributed by atoms with van der Waals surface area (Å²) in [5.74, 6) is -1.40. The van der Waals surface area contributed by atoms with Crippen LogP contribution in [0.1, 0.15) is 80.1 Å². The third-order valence-electron chi connectivity index (χ3n) is 8.48. The number of nitrogens with one attached hydrogen (secondary N) is 2. The van der Waals surface area contributed by atoms with Crippen molar-refractivity contribution in [1.82, 2.24) is 29.9 Å². The molecule has 2 amide bonds. The van der Waals surface area contributed by atoms with Gasteiger partial charge in [0.05, 0.1) is 40.6 Å². The first-order valence-corrected chi connectivity index (χ1v) is 17.8. The number of aromatic nitrogens is 6. The van der Waals surface area contributed by atoms with E-state index in [-0.39, 0.29) is 33.4 Å². The Balaban J connectivity index is 0.000000228. The quantitative estimate of drug-likeness (QED) is 0.116. The third kappa shape index (κ3) is 10.6.